The van der Waals surface area contributed by atoms with Gasteiger partial charge in [0.05, 0.1) is 33.6 Å². The number of rotatable bonds is 8. The summed E-state index contributed by atoms with van der Waals surface area (Å²) in [5.74, 6) is 1.39. The van der Waals surface area contributed by atoms with Crippen molar-refractivity contribution in [3.8, 4) is 135 Å². The molecule has 4 aromatic heterocycles. The fourth-order valence-corrected chi connectivity index (χ4v) is 20.4. The SMILES string of the molecule is c1ccc(-c2cc(-c3ccccc3)nc(-c3ccc(-c4ccc5c(c4)C4(c6ccccc6-c6ccccc64)c4ccccc4-5)c4oc5ccccc5c34)n2)cc1.c1ccc(-c2cc(-c3ccccc3)nc(-c3ccc(-c4ccc5c(c4)C4(c6ccccc6-c6ccccc64)c4ccccc4-5)c4sc5ccccc5c34)n2)cc1. The predicted octanol–water partition coefficient (Wildman–Crippen LogP) is 27.2. The van der Waals surface area contributed by atoms with Crippen molar-refractivity contribution in [3.63, 3.8) is 0 Å². The maximum Gasteiger partial charge on any atom is 0.161 e. The second-order valence-corrected chi connectivity index (χ2v) is 30.7. The third-order valence-corrected chi connectivity index (χ3v) is 25.1. The zero-order chi connectivity index (χ0) is 73.6. The van der Waals surface area contributed by atoms with Gasteiger partial charge in [0.15, 0.2) is 11.6 Å². The molecule has 4 aliphatic carbocycles. The molecule has 0 saturated carbocycles. The number of para-hydroxylation sites is 1. The van der Waals surface area contributed by atoms with Crippen LogP contribution in [0.25, 0.3) is 177 Å². The number of hydrogen-bond acceptors (Lipinski definition) is 6. The Hall–Kier alpha value is -14.3. The van der Waals surface area contributed by atoms with E-state index in [1.807, 2.05) is 41.7 Å². The van der Waals surface area contributed by atoms with Crippen molar-refractivity contribution in [1.29, 1.82) is 0 Å². The lowest BCUT2D eigenvalue weighted by molar-refractivity contribution is 0.670. The molecule has 6 heteroatoms. The van der Waals surface area contributed by atoms with Crippen molar-refractivity contribution in [2.75, 3.05) is 0 Å². The van der Waals surface area contributed by atoms with Crippen molar-refractivity contribution < 1.29 is 4.42 Å². The van der Waals surface area contributed by atoms with Crippen LogP contribution in [0, 0.1) is 0 Å². The van der Waals surface area contributed by atoms with Gasteiger partial charge in [0.2, 0.25) is 0 Å². The Kier molecular flexibility index (Phi) is 14.3. The van der Waals surface area contributed by atoms with Gasteiger partial charge in [0.1, 0.15) is 11.2 Å². The third-order valence-electron chi connectivity index (χ3n) is 23.9. The zero-order valence-electron chi connectivity index (χ0n) is 60.6. The first-order valence-electron chi connectivity index (χ1n) is 38.3. The summed E-state index contributed by atoms with van der Waals surface area (Å²) in [5, 5.41) is 4.47. The quantitative estimate of drug-likeness (QED) is 0.152. The lowest BCUT2D eigenvalue weighted by Gasteiger charge is -2.30. The molecule has 4 heterocycles. The fourth-order valence-electron chi connectivity index (χ4n) is 19.2. The zero-order valence-corrected chi connectivity index (χ0v) is 61.4. The summed E-state index contributed by atoms with van der Waals surface area (Å²) in [5.41, 5.74) is 36.3. The molecule has 24 rings (SSSR count). The highest BCUT2D eigenvalue weighted by Crippen LogP contribution is 2.65. The van der Waals surface area contributed by atoms with Crippen LogP contribution in [0.5, 0.6) is 0 Å². The van der Waals surface area contributed by atoms with Crippen LogP contribution in [-0.2, 0) is 10.8 Å². The summed E-state index contributed by atoms with van der Waals surface area (Å²) in [7, 11) is 0. The van der Waals surface area contributed by atoms with Gasteiger partial charge in [-0.1, -0.05) is 334 Å². The van der Waals surface area contributed by atoms with Gasteiger partial charge < -0.3 is 4.42 Å². The normalized spacial score (nSPS) is 13.1. The Morgan fingerprint density at radius 1 is 0.214 bits per heavy atom. The average Bonchev–Trinajstić information content (AvgIpc) is 1.52. The molecule has 0 saturated heterocycles. The molecule has 520 valence electrons. The Labute approximate surface area is 651 Å². The summed E-state index contributed by atoms with van der Waals surface area (Å²) in [4.78, 5) is 21.1. The minimum atomic E-state index is -0.429. The number of aromatic nitrogens is 4. The van der Waals surface area contributed by atoms with Gasteiger partial charge >= 0.3 is 0 Å². The maximum atomic E-state index is 6.89. The molecule has 5 nitrogen and oxygen atoms in total. The van der Waals surface area contributed by atoms with Crippen LogP contribution in [0.1, 0.15) is 44.5 Å². The first kappa shape index (κ1) is 63.8. The Morgan fingerprint density at radius 2 is 0.518 bits per heavy atom. The minimum absolute atomic E-state index is 0.395. The monoisotopic (exact) mass is 1440 g/mol. The largest absolute Gasteiger partial charge is 0.455 e. The Bertz CT molecular complexity index is 6590. The molecule has 0 fully saturated rings. The Balaban J connectivity index is 0.000000134. The second-order valence-electron chi connectivity index (χ2n) is 29.6. The van der Waals surface area contributed by atoms with E-state index in [9.17, 15) is 0 Å². The summed E-state index contributed by atoms with van der Waals surface area (Å²) in [6.07, 6.45) is 0. The summed E-state index contributed by atoms with van der Waals surface area (Å²) >= 11 is 1.86. The highest BCUT2D eigenvalue weighted by atomic mass is 32.1. The topological polar surface area (TPSA) is 64.7 Å². The van der Waals surface area contributed by atoms with Crippen molar-refractivity contribution in [1.82, 2.24) is 19.9 Å². The number of hydrogen-bond donors (Lipinski definition) is 0. The molecule has 0 bridgehead atoms. The van der Waals surface area contributed by atoms with Crippen LogP contribution in [0.2, 0.25) is 0 Å². The molecule has 2 spiro atoms. The predicted molar refractivity (Wildman–Crippen MR) is 460 cm³/mol. The number of furan rings is 1. The number of benzene rings is 16. The maximum absolute atomic E-state index is 6.89. The molecule has 0 amide bonds. The highest BCUT2D eigenvalue weighted by Gasteiger charge is 2.53. The van der Waals surface area contributed by atoms with Crippen LogP contribution in [0.4, 0.5) is 0 Å². The van der Waals surface area contributed by atoms with E-state index in [1.54, 1.807) is 0 Å². The molecular weight excluding hydrogens is 1380 g/mol. The molecule has 0 radical (unpaired) electrons. The summed E-state index contributed by atoms with van der Waals surface area (Å²) in [6.45, 7) is 0. The average molecular weight is 1440 g/mol. The molecule has 0 aliphatic heterocycles. The lowest BCUT2D eigenvalue weighted by atomic mass is 9.70. The molecule has 0 unspecified atom stereocenters. The van der Waals surface area contributed by atoms with E-state index in [0.29, 0.717) is 5.82 Å². The summed E-state index contributed by atoms with van der Waals surface area (Å²) < 4.78 is 9.38. The van der Waals surface area contributed by atoms with Crippen LogP contribution >= 0.6 is 11.3 Å². The summed E-state index contributed by atoms with van der Waals surface area (Å²) in [6, 6.07) is 140. The van der Waals surface area contributed by atoms with Crippen LogP contribution in [0.15, 0.2) is 393 Å². The van der Waals surface area contributed by atoms with Gasteiger partial charge in [-0.05, 0) is 160 Å². The molecule has 16 aromatic carbocycles. The standard InChI is InChI=1S/C53H32N2O.C53H32N2S/c2*1-3-15-33(16-4-1)47-32-48(34-17-5-2-6-18-34)55-52(54-47)42-30-29-36(51-50(42)41-22-10-14-26-49(41)56-51)35-27-28-40-39-21-9-13-25-45(39)53(46(40)31-35)43-23-11-7-19-37(43)38-20-8-12-24-44(38)53/h2*1-32H. The van der Waals surface area contributed by atoms with Crippen molar-refractivity contribution in [2.24, 2.45) is 0 Å². The molecule has 0 atom stereocenters. The van der Waals surface area contributed by atoms with E-state index >= 15 is 0 Å². The molecular formula is C106H64N4OS. The van der Waals surface area contributed by atoms with E-state index in [2.05, 4.69) is 358 Å². The highest BCUT2D eigenvalue weighted by molar-refractivity contribution is 7.26. The van der Waals surface area contributed by atoms with E-state index in [1.165, 1.54) is 120 Å². The van der Waals surface area contributed by atoms with Crippen molar-refractivity contribution in [2.45, 2.75) is 10.8 Å². The number of thiophene rings is 1. The lowest BCUT2D eigenvalue weighted by Crippen LogP contribution is -2.25. The smallest absolute Gasteiger partial charge is 0.161 e. The van der Waals surface area contributed by atoms with E-state index in [4.69, 9.17) is 24.4 Å². The van der Waals surface area contributed by atoms with Gasteiger partial charge in [-0.2, -0.15) is 0 Å². The van der Waals surface area contributed by atoms with E-state index < -0.39 is 10.8 Å². The van der Waals surface area contributed by atoms with E-state index in [0.717, 1.165) is 95.0 Å². The second kappa shape index (κ2) is 25.1. The van der Waals surface area contributed by atoms with Crippen LogP contribution in [0.3, 0.4) is 0 Å². The molecule has 112 heavy (non-hydrogen) atoms. The first-order valence-corrected chi connectivity index (χ1v) is 39.1. The molecule has 4 aliphatic rings. The van der Waals surface area contributed by atoms with E-state index in [-0.39, 0.29) is 0 Å². The van der Waals surface area contributed by atoms with Gasteiger partial charge in [0.25, 0.3) is 0 Å². The third kappa shape index (κ3) is 9.43. The van der Waals surface area contributed by atoms with Gasteiger partial charge in [-0.25, -0.2) is 19.9 Å². The van der Waals surface area contributed by atoms with Gasteiger partial charge in [-0.15, -0.1) is 11.3 Å². The van der Waals surface area contributed by atoms with Gasteiger partial charge in [0, 0.05) is 69.9 Å². The Morgan fingerprint density at radius 3 is 0.929 bits per heavy atom. The van der Waals surface area contributed by atoms with Gasteiger partial charge in [-0.3, -0.25) is 0 Å². The number of fused-ring (bicyclic) bond motifs is 26. The molecule has 20 aromatic rings. The van der Waals surface area contributed by atoms with Crippen LogP contribution in [-0.4, -0.2) is 19.9 Å². The van der Waals surface area contributed by atoms with Crippen LogP contribution < -0.4 is 0 Å². The van der Waals surface area contributed by atoms with Crippen molar-refractivity contribution >= 4 is 53.4 Å². The van der Waals surface area contributed by atoms with Crippen molar-refractivity contribution in [3.05, 3.63) is 433 Å². The minimum Gasteiger partial charge on any atom is -0.455 e. The molecule has 0 N–H and O–H groups in total. The number of nitrogens with zero attached hydrogens (tertiary/aromatic N) is 4. The first-order chi connectivity index (χ1) is 55.5. The fraction of sp³-hybridized carbons (Fsp3) is 0.0189.